The predicted octanol–water partition coefficient (Wildman–Crippen LogP) is 4.58. The molecular weight excluding hydrogens is 301 g/mol. The molecule has 1 aromatic carbocycles. The van der Waals surface area contributed by atoms with Gasteiger partial charge in [-0.1, -0.05) is 12.1 Å². The molecule has 23 heavy (non-hydrogen) atoms. The molecule has 0 saturated carbocycles. The van der Waals surface area contributed by atoms with Gasteiger partial charge in [0.1, 0.15) is 0 Å². The van der Waals surface area contributed by atoms with Crippen LogP contribution in [0.1, 0.15) is 29.9 Å². The number of rotatable bonds is 2. The molecule has 1 aliphatic rings. The smallest absolute Gasteiger partial charge is 0.306 e. The Balaban J connectivity index is 2.12. The van der Waals surface area contributed by atoms with Gasteiger partial charge in [-0.15, -0.1) is 0 Å². The number of hydrogen-bond donors (Lipinski definition) is 0. The van der Waals surface area contributed by atoms with Crippen LogP contribution in [0.2, 0.25) is 0 Å². The fraction of sp³-hybridized carbons (Fsp3) is 0.389. The number of alkyl halides is 3. The van der Waals surface area contributed by atoms with Crippen LogP contribution in [0.5, 0.6) is 0 Å². The van der Waals surface area contributed by atoms with Crippen LogP contribution in [-0.4, -0.2) is 30.0 Å². The van der Waals surface area contributed by atoms with Crippen LogP contribution in [0.15, 0.2) is 42.7 Å². The lowest BCUT2D eigenvalue weighted by molar-refractivity contribution is -0.137. The average molecular weight is 320 g/mol. The molecule has 0 bridgehead atoms. The summed E-state index contributed by atoms with van der Waals surface area (Å²) in [5, 5.41) is 0. The van der Waals surface area contributed by atoms with E-state index in [1.54, 1.807) is 24.5 Å². The van der Waals surface area contributed by atoms with Gasteiger partial charge >= 0.3 is 6.18 Å². The van der Waals surface area contributed by atoms with E-state index in [1.807, 2.05) is 13.1 Å². The molecule has 0 spiro atoms. The van der Waals surface area contributed by atoms with Gasteiger partial charge in [0.25, 0.3) is 0 Å². The van der Waals surface area contributed by atoms with Crippen molar-refractivity contribution < 1.29 is 13.2 Å². The van der Waals surface area contributed by atoms with Gasteiger partial charge in [-0.25, -0.2) is 0 Å². The molecular formula is C18H19F3N2. The molecule has 2 nitrogen and oxygen atoms in total. The van der Waals surface area contributed by atoms with Crippen LogP contribution >= 0.6 is 0 Å². The number of nitrogens with zero attached hydrogens (tertiary/aromatic N) is 2. The van der Waals surface area contributed by atoms with Crippen LogP contribution in [-0.2, 0) is 6.18 Å². The minimum Gasteiger partial charge on any atom is -0.306 e. The Hall–Kier alpha value is -1.88. The highest BCUT2D eigenvalue weighted by molar-refractivity contribution is 5.72. The molecule has 2 heterocycles. The monoisotopic (exact) mass is 320 g/mol. The Morgan fingerprint density at radius 3 is 2.30 bits per heavy atom. The van der Waals surface area contributed by atoms with Gasteiger partial charge in [-0.05, 0) is 73.8 Å². The van der Waals surface area contributed by atoms with Crippen LogP contribution in [0.3, 0.4) is 0 Å². The maximum absolute atomic E-state index is 13.5. The normalized spacial score (nSPS) is 17.4. The van der Waals surface area contributed by atoms with Crippen molar-refractivity contribution in [3.05, 3.63) is 53.9 Å². The molecule has 1 aromatic heterocycles. The Kier molecular flexibility index (Phi) is 4.39. The van der Waals surface area contributed by atoms with E-state index in [0.717, 1.165) is 31.5 Å². The second-order valence-electron chi connectivity index (χ2n) is 6.08. The van der Waals surface area contributed by atoms with Crippen LogP contribution < -0.4 is 0 Å². The first-order valence-electron chi connectivity index (χ1n) is 7.76. The molecule has 1 aliphatic heterocycles. The van der Waals surface area contributed by atoms with Crippen molar-refractivity contribution >= 4 is 0 Å². The van der Waals surface area contributed by atoms with Gasteiger partial charge in [0.05, 0.1) is 5.56 Å². The SMILES string of the molecule is CN1CCC(c2cccc(C(F)(F)F)c2-c2ccncc2)CC1. The summed E-state index contributed by atoms with van der Waals surface area (Å²) in [6, 6.07) is 7.86. The second kappa shape index (κ2) is 6.32. The predicted molar refractivity (Wildman–Crippen MR) is 84.1 cm³/mol. The van der Waals surface area contributed by atoms with Gasteiger partial charge in [-0.3, -0.25) is 4.98 Å². The highest BCUT2D eigenvalue weighted by atomic mass is 19.4. The molecule has 0 atom stereocenters. The standard InChI is InChI=1S/C18H19F3N2/c1-23-11-7-13(8-12-23)15-3-2-4-16(18(19,20)21)17(15)14-5-9-22-10-6-14/h2-6,9-10,13H,7-8,11-12H2,1H3. The molecule has 0 amide bonds. The first-order chi connectivity index (χ1) is 11.0. The zero-order valence-electron chi connectivity index (χ0n) is 13.0. The number of benzene rings is 1. The molecule has 2 aromatic rings. The van der Waals surface area contributed by atoms with Gasteiger partial charge in [0, 0.05) is 12.4 Å². The molecule has 0 N–H and O–H groups in total. The molecule has 122 valence electrons. The minimum atomic E-state index is -4.36. The van der Waals surface area contributed by atoms with E-state index in [4.69, 9.17) is 0 Å². The summed E-state index contributed by atoms with van der Waals surface area (Å²) >= 11 is 0. The summed E-state index contributed by atoms with van der Waals surface area (Å²) in [5.74, 6) is 0.164. The fourth-order valence-corrected chi connectivity index (χ4v) is 3.31. The van der Waals surface area contributed by atoms with Crippen LogP contribution in [0.4, 0.5) is 13.2 Å². The lowest BCUT2D eigenvalue weighted by Crippen LogP contribution is -2.29. The number of pyridine rings is 1. The molecule has 1 fully saturated rings. The highest BCUT2D eigenvalue weighted by Gasteiger charge is 2.35. The number of piperidine rings is 1. The van der Waals surface area contributed by atoms with E-state index >= 15 is 0 Å². The highest BCUT2D eigenvalue weighted by Crippen LogP contribution is 2.43. The van der Waals surface area contributed by atoms with Crippen LogP contribution in [0, 0.1) is 0 Å². The molecule has 0 aliphatic carbocycles. The first kappa shape index (κ1) is 16.0. The van der Waals surface area contributed by atoms with Crippen molar-refractivity contribution in [3.8, 4) is 11.1 Å². The van der Waals surface area contributed by atoms with E-state index in [9.17, 15) is 13.2 Å². The zero-order chi connectivity index (χ0) is 16.4. The van der Waals surface area contributed by atoms with Gasteiger partial charge in [0.2, 0.25) is 0 Å². The van der Waals surface area contributed by atoms with Crippen molar-refractivity contribution in [2.24, 2.45) is 0 Å². The molecule has 3 rings (SSSR count). The average Bonchev–Trinajstić information content (AvgIpc) is 2.55. The maximum atomic E-state index is 13.5. The summed E-state index contributed by atoms with van der Waals surface area (Å²) in [6.07, 6.45) is 0.494. The number of halogens is 3. The summed E-state index contributed by atoms with van der Waals surface area (Å²) in [5.41, 5.74) is 1.15. The van der Waals surface area contributed by atoms with Crippen molar-refractivity contribution in [2.45, 2.75) is 24.9 Å². The molecule has 0 unspecified atom stereocenters. The quantitative estimate of drug-likeness (QED) is 0.805. The summed E-state index contributed by atoms with van der Waals surface area (Å²) in [6.45, 7) is 1.83. The Bertz CT molecular complexity index is 660. The summed E-state index contributed by atoms with van der Waals surface area (Å²) < 4.78 is 40.6. The number of likely N-dealkylation sites (tertiary alicyclic amines) is 1. The Morgan fingerprint density at radius 2 is 1.70 bits per heavy atom. The first-order valence-corrected chi connectivity index (χ1v) is 7.76. The Morgan fingerprint density at radius 1 is 1.04 bits per heavy atom. The Labute approximate surface area is 134 Å². The van der Waals surface area contributed by atoms with E-state index in [-0.39, 0.29) is 5.92 Å². The largest absolute Gasteiger partial charge is 0.417 e. The molecule has 0 radical (unpaired) electrons. The van der Waals surface area contributed by atoms with Crippen molar-refractivity contribution in [1.82, 2.24) is 9.88 Å². The lowest BCUT2D eigenvalue weighted by Gasteiger charge is -2.31. The number of aromatic nitrogens is 1. The van der Waals surface area contributed by atoms with Gasteiger partial charge in [-0.2, -0.15) is 13.2 Å². The van der Waals surface area contributed by atoms with Gasteiger partial charge in [0.15, 0.2) is 0 Å². The van der Waals surface area contributed by atoms with Crippen molar-refractivity contribution in [1.29, 1.82) is 0 Å². The third kappa shape index (κ3) is 3.39. The topological polar surface area (TPSA) is 16.1 Å². The third-order valence-corrected chi connectivity index (χ3v) is 4.53. The molecule has 1 saturated heterocycles. The van der Waals surface area contributed by atoms with Crippen LogP contribution in [0.25, 0.3) is 11.1 Å². The van der Waals surface area contributed by atoms with Gasteiger partial charge < -0.3 is 4.90 Å². The summed E-state index contributed by atoms with van der Waals surface area (Å²) in [4.78, 5) is 6.15. The van der Waals surface area contributed by atoms with E-state index in [2.05, 4.69) is 9.88 Å². The molecule has 5 heteroatoms. The lowest BCUT2D eigenvalue weighted by atomic mass is 9.82. The van der Waals surface area contributed by atoms with E-state index in [0.29, 0.717) is 11.1 Å². The van der Waals surface area contributed by atoms with E-state index in [1.165, 1.54) is 12.1 Å². The maximum Gasteiger partial charge on any atom is 0.417 e. The van der Waals surface area contributed by atoms with Crippen molar-refractivity contribution in [2.75, 3.05) is 20.1 Å². The third-order valence-electron chi connectivity index (χ3n) is 4.53. The fourth-order valence-electron chi connectivity index (χ4n) is 3.31. The zero-order valence-corrected chi connectivity index (χ0v) is 13.0. The van der Waals surface area contributed by atoms with Crippen molar-refractivity contribution in [3.63, 3.8) is 0 Å². The number of hydrogen-bond acceptors (Lipinski definition) is 2. The summed E-state index contributed by atoms with van der Waals surface area (Å²) in [7, 11) is 2.05. The second-order valence-corrected chi connectivity index (χ2v) is 6.08. The van der Waals surface area contributed by atoms with E-state index < -0.39 is 11.7 Å². The minimum absolute atomic E-state index is 0.164.